The summed E-state index contributed by atoms with van der Waals surface area (Å²) < 4.78 is 8.54. The van der Waals surface area contributed by atoms with Crippen molar-refractivity contribution in [2.75, 3.05) is 27.7 Å². The lowest BCUT2D eigenvalue weighted by Crippen LogP contribution is -2.22. The van der Waals surface area contributed by atoms with Gasteiger partial charge in [0.05, 0.1) is 25.5 Å². The highest BCUT2D eigenvalue weighted by Gasteiger charge is 2.23. The van der Waals surface area contributed by atoms with E-state index >= 15 is 0 Å². The van der Waals surface area contributed by atoms with Crippen LogP contribution in [0.2, 0.25) is 0 Å². The molecule has 2 aromatic rings. The number of aryl methyl sites for hydroxylation is 2. The Morgan fingerprint density at radius 3 is 2.67 bits per heavy atom. The quantitative estimate of drug-likeness (QED) is 0.734. The van der Waals surface area contributed by atoms with Crippen LogP contribution in [-0.4, -0.2) is 58.0 Å². The summed E-state index contributed by atoms with van der Waals surface area (Å²) in [5.41, 5.74) is 1.79. The average Bonchev–Trinajstić information content (AvgIpc) is 2.98. The standard InChI is InChI=1S/C14H21N5O2/c1-10-8-11(18(4)16-10)14(20)13-12(21-5)9-15-19(13)7-6-17(2)3/h8-9H,6-7H2,1-5H3. The third kappa shape index (κ3) is 3.13. The van der Waals surface area contributed by atoms with E-state index in [1.54, 1.807) is 35.8 Å². The maximum Gasteiger partial charge on any atom is 0.232 e. The summed E-state index contributed by atoms with van der Waals surface area (Å²) in [6.07, 6.45) is 1.58. The van der Waals surface area contributed by atoms with Crippen molar-refractivity contribution in [1.29, 1.82) is 0 Å². The van der Waals surface area contributed by atoms with E-state index < -0.39 is 0 Å². The molecule has 114 valence electrons. The molecule has 2 aromatic heterocycles. The highest BCUT2D eigenvalue weighted by Crippen LogP contribution is 2.21. The van der Waals surface area contributed by atoms with Gasteiger partial charge in [0.1, 0.15) is 5.69 Å². The Bertz CT molecular complexity index is 642. The third-order valence-corrected chi connectivity index (χ3v) is 3.23. The lowest BCUT2D eigenvalue weighted by Gasteiger charge is -2.12. The third-order valence-electron chi connectivity index (χ3n) is 3.23. The van der Waals surface area contributed by atoms with Crippen LogP contribution in [0.15, 0.2) is 12.3 Å². The number of carbonyl (C=O) groups is 1. The SMILES string of the molecule is COc1cnn(CCN(C)C)c1C(=O)c1cc(C)nn1C. The summed E-state index contributed by atoms with van der Waals surface area (Å²) >= 11 is 0. The first-order valence-electron chi connectivity index (χ1n) is 6.74. The normalized spacial score (nSPS) is 11.1. The van der Waals surface area contributed by atoms with E-state index in [0.717, 1.165) is 12.2 Å². The number of likely N-dealkylation sites (N-methyl/N-ethyl adjacent to an activating group) is 1. The number of nitrogens with zero attached hydrogens (tertiary/aromatic N) is 5. The van der Waals surface area contributed by atoms with E-state index in [2.05, 4.69) is 10.2 Å². The van der Waals surface area contributed by atoms with Crippen molar-refractivity contribution in [2.45, 2.75) is 13.5 Å². The van der Waals surface area contributed by atoms with E-state index in [-0.39, 0.29) is 5.78 Å². The molecule has 0 aliphatic carbocycles. The van der Waals surface area contributed by atoms with Gasteiger partial charge in [-0.05, 0) is 27.1 Å². The second-order valence-corrected chi connectivity index (χ2v) is 5.21. The van der Waals surface area contributed by atoms with E-state index in [4.69, 9.17) is 4.74 Å². The highest BCUT2D eigenvalue weighted by molar-refractivity contribution is 6.08. The van der Waals surface area contributed by atoms with Gasteiger partial charge in [-0.1, -0.05) is 0 Å². The summed E-state index contributed by atoms with van der Waals surface area (Å²) in [6, 6.07) is 1.77. The molecule has 0 N–H and O–H groups in total. The van der Waals surface area contributed by atoms with Crippen molar-refractivity contribution < 1.29 is 9.53 Å². The first kappa shape index (κ1) is 15.2. The van der Waals surface area contributed by atoms with Crippen molar-refractivity contribution in [2.24, 2.45) is 7.05 Å². The van der Waals surface area contributed by atoms with Gasteiger partial charge in [-0.3, -0.25) is 14.2 Å². The van der Waals surface area contributed by atoms with Crippen LogP contribution in [0.1, 0.15) is 21.9 Å². The number of carbonyl (C=O) groups excluding carboxylic acids is 1. The van der Waals surface area contributed by atoms with Crippen LogP contribution in [0.4, 0.5) is 0 Å². The molecule has 2 heterocycles. The zero-order chi connectivity index (χ0) is 15.6. The second-order valence-electron chi connectivity index (χ2n) is 5.21. The van der Waals surface area contributed by atoms with Crippen molar-refractivity contribution in [1.82, 2.24) is 24.5 Å². The monoisotopic (exact) mass is 291 g/mol. The van der Waals surface area contributed by atoms with E-state index in [1.165, 1.54) is 0 Å². The molecule has 0 amide bonds. The van der Waals surface area contributed by atoms with Gasteiger partial charge in [0, 0.05) is 13.6 Å². The highest BCUT2D eigenvalue weighted by atomic mass is 16.5. The number of ketones is 1. The lowest BCUT2D eigenvalue weighted by molar-refractivity contribution is 0.101. The molecule has 0 fully saturated rings. The predicted molar refractivity (Wildman–Crippen MR) is 78.7 cm³/mol. The molecule has 0 bridgehead atoms. The molecule has 7 heteroatoms. The van der Waals surface area contributed by atoms with Crippen LogP contribution in [0.25, 0.3) is 0 Å². The number of ether oxygens (including phenoxy) is 1. The molecule has 0 aliphatic rings. The minimum absolute atomic E-state index is 0.133. The summed E-state index contributed by atoms with van der Waals surface area (Å²) in [4.78, 5) is 14.8. The maximum absolute atomic E-state index is 12.8. The van der Waals surface area contributed by atoms with Crippen LogP contribution in [0.3, 0.4) is 0 Å². The molecule has 0 spiro atoms. The Labute approximate surface area is 124 Å². The van der Waals surface area contributed by atoms with Gasteiger partial charge in [-0.2, -0.15) is 10.2 Å². The fourth-order valence-electron chi connectivity index (χ4n) is 2.16. The maximum atomic E-state index is 12.8. The summed E-state index contributed by atoms with van der Waals surface area (Å²) in [5, 5.41) is 8.48. The van der Waals surface area contributed by atoms with Gasteiger partial charge in [0.2, 0.25) is 5.78 Å². The van der Waals surface area contributed by atoms with Crippen LogP contribution < -0.4 is 4.74 Å². The number of hydrogen-bond donors (Lipinski definition) is 0. The topological polar surface area (TPSA) is 65.2 Å². The molecule has 0 atom stereocenters. The fraction of sp³-hybridized carbons (Fsp3) is 0.500. The predicted octanol–water partition coefficient (Wildman–Crippen LogP) is 0.726. The molecule has 7 nitrogen and oxygen atoms in total. The minimum Gasteiger partial charge on any atom is -0.493 e. The summed E-state index contributed by atoms with van der Waals surface area (Å²) in [5.74, 6) is 0.351. The zero-order valence-corrected chi connectivity index (χ0v) is 13.1. The van der Waals surface area contributed by atoms with E-state index in [1.807, 2.05) is 25.9 Å². The van der Waals surface area contributed by atoms with Crippen LogP contribution in [-0.2, 0) is 13.6 Å². The Morgan fingerprint density at radius 2 is 2.14 bits per heavy atom. The smallest absolute Gasteiger partial charge is 0.232 e. The lowest BCUT2D eigenvalue weighted by atomic mass is 10.2. The van der Waals surface area contributed by atoms with Gasteiger partial charge < -0.3 is 9.64 Å². The Balaban J connectivity index is 2.39. The van der Waals surface area contributed by atoms with Crippen molar-refractivity contribution in [3.05, 3.63) is 29.3 Å². The van der Waals surface area contributed by atoms with Crippen LogP contribution >= 0.6 is 0 Å². The van der Waals surface area contributed by atoms with E-state index in [0.29, 0.717) is 23.7 Å². The van der Waals surface area contributed by atoms with Gasteiger partial charge in [-0.15, -0.1) is 0 Å². The van der Waals surface area contributed by atoms with Crippen molar-refractivity contribution in [3.8, 4) is 5.75 Å². The van der Waals surface area contributed by atoms with Gasteiger partial charge >= 0.3 is 0 Å². The molecule has 0 aromatic carbocycles. The van der Waals surface area contributed by atoms with Gasteiger partial charge in [-0.25, -0.2) is 0 Å². The molecule has 0 radical (unpaired) electrons. The Kier molecular flexibility index (Phi) is 4.42. The first-order chi connectivity index (χ1) is 9.93. The first-order valence-corrected chi connectivity index (χ1v) is 6.74. The molecule has 21 heavy (non-hydrogen) atoms. The van der Waals surface area contributed by atoms with Gasteiger partial charge in [0.15, 0.2) is 11.4 Å². The number of hydrogen-bond acceptors (Lipinski definition) is 5. The van der Waals surface area contributed by atoms with Crippen LogP contribution in [0.5, 0.6) is 5.75 Å². The molecule has 0 aliphatic heterocycles. The largest absolute Gasteiger partial charge is 0.493 e. The minimum atomic E-state index is -0.133. The average molecular weight is 291 g/mol. The zero-order valence-electron chi connectivity index (χ0n) is 13.1. The molecule has 2 rings (SSSR count). The van der Waals surface area contributed by atoms with Crippen molar-refractivity contribution in [3.63, 3.8) is 0 Å². The van der Waals surface area contributed by atoms with Crippen LogP contribution in [0, 0.1) is 6.92 Å². The molecule has 0 saturated carbocycles. The second kappa shape index (κ2) is 6.09. The Morgan fingerprint density at radius 1 is 1.43 bits per heavy atom. The molecular formula is C14H21N5O2. The Hall–Kier alpha value is -2.15. The summed E-state index contributed by atoms with van der Waals surface area (Å²) in [6.45, 7) is 3.27. The summed E-state index contributed by atoms with van der Waals surface area (Å²) in [7, 11) is 7.26. The van der Waals surface area contributed by atoms with Gasteiger partial charge in [0.25, 0.3) is 0 Å². The fourth-order valence-corrected chi connectivity index (χ4v) is 2.16. The number of methoxy groups -OCH3 is 1. The van der Waals surface area contributed by atoms with Crippen molar-refractivity contribution >= 4 is 5.78 Å². The molecule has 0 saturated heterocycles. The number of aromatic nitrogens is 4. The van der Waals surface area contributed by atoms with E-state index in [9.17, 15) is 4.79 Å². The number of rotatable bonds is 6. The molecule has 0 unspecified atom stereocenters. The molecular weight excluding hydrogens is 270 g/mol.